The fourth-order valence-corrected chi connectivity index (χ4v) is 5.09. The Kier molecular flexibility index (Phi) is 6.41. The van der Waals surface area contributed by atoms with E-state index >= 15 is 0 Å². The third kappa shape index (κ3) is 4.05. The standard InChI is InChI=1S/C23H26FN5O4S/c1-5-27-22(32)18-20(31)19(30)16(13-28(18)29(10-11-33-4)23(27,2)3)21-26-25-17(34-21)12-14-6-8-15(24)9-7-14/h6-9,13,31H,5,10-12H2,1-4H3. The molecule has 3 aromatic rings. The van der Waals surface area contributed by atoms with E-state index in [0.29, 0.717) is 36.1 Å². The molecule has 180 valence electrons. The van der Waals surface area contributed by atoms with E-state index in [4.69, 9.17) is 4.74 Å². The molecule has 0 aliphatic carbocycles. The number of aromatic nitrogens is 3. The number of aromatic hydroxyl groups is 1. The lowest BCUT2D eigenvalue weighted by atomic mass is 10.1. The first-order chi connectivity index (χ1) is 16.2. The van der Waals surface area contributed by atoms with E-state index in [-0.39, 0.29) is 17.1 Å². The summed E-state index contributed by atoms with van der Waals surface area (Å²) in [4.78, 5) is 27.9. The van der Waals surface area contributed by atoms with E-state index in [0.717, 1.165) is 5.56 Å². The number of amides is 1. The highest BCUT2D eigenvalue weighted by Crippen LogP contribution is 2.33. The Hall–Kier alpha value is -3.31. The first kappa shape index (κ1) is 23.8. The Bertz CT molecular complexity index is 1270. The van der Waals surface area contributed by atoms with Crippen LogP contribution in [0.2, 0.25) is 0 Å². The molecule has 1 aromatic carbocycles. The van der Waals surface area contributed by atoms with Crippen LogP contribution in [0.5, 0.6) is 5.75 Å². The van der Waals surface area contributed by atoms with Crippen molar-refractivity contribution in [3.05, 3.63) is 62.8 Å². The van der Waals surface area contributed by atoms with Crippen LogP contribution in [0.25, 0.3) is 10.6 Å². The number of rotatable bonds is 7. The molecule has 0 spiro atoms. The molecule has 0 bridgehead atoms. The Balaban J connectivity index is 1.79. The minimum absolute atomic E-state index is 0.0953. The lowest BCUT2D eigenvalue weighted by molar-refractivity contribution is 0.0366. The van der Waals surface area contributed by atoms with Gasteiger partial charge in [0.25, 0.3) is 5.91 Å². The molecule has 34 heavy (non-hydrogen) atoms. The second kappa shape index (κ2) is 9.15. The maximum atomic E-state index is 13.2. The van der Waals surface area contributed by atoms with Crippen molar-refractivity contribution in [3.8, 4) is 16.3 Å². The molecule has 0 unspecified atom stereocenters. The Morgan fingerprint density at radius 1 is 1.18 bits per heavy atom. The van der Waals surface area contributed by atoms with Crippen molar-refractivity contribution in [2.45, 2.75) is 32.9 Å². The largest absolute Gasteiger partial charge is 0.502 e. The highest BCUT2D eigenvalue weighted by atomic mass is 32.1. The van der Waals surface area contributed by atoms with Crippen molar-refractivity contribution in [2.75, 3.05) is 31.8 Å². The van der Waals surface area contributed by atoms with Crippen LogP contribution in [-0.2, 0) is 11.2 Å². The molecule has 1 amide bonds. The zero-order chi connectivity index (χ0) is 24.6. The average Bonchev–Trinajstić information content (AvgIpc) is 3.25. The molecule has 0 saturated carbocycles. The average molecular weight is 488 g/mol. The summed E-state index contributed by atoms with van der Waals surface area (Å²) >= 11 is 1.20. The number of methoxy groups -OCH3 is 1. The lowest BCUT2D eigenvalue weighted by Crippen LogP contribution is -2.68. The number of hydrogen-bond donors (Lipinski definition) is 1. The molecule has 2 aromatic heterocycles. The van der Waals surface area contributed by atoms with Crippen LogP contribution in [0, 0.1) is 5.82 Å². The van der Waals surface area contributed by atoms with Crippen LogP contribution in [0.15, 0.2) is 35.3 Å². The first-order valence-corrected chi connectivity index (χ1v) is 11.6. The van der Waals surface area contributed by atoms with Gasteiger partial charge in [-0.05, 0) is 38.5 Å². The molecule has 1 aliphatic rings. The number of benzene rings is 1. The van der Waals surface area contributed by atoms with Crippen molar-refractivity contribution in [2.24, 2.45) is 0 Å². The van der Waals surface area contributed by atoms with Gasteiger partial charge >= 0.3 is 0 Å². The number of carbonyl (C=O) groups is 1. The number of carbonyl (C=O) groups excluding carboxylic acids is 1. The van der Waals surface area contributed by atoms with Gasteiger partial charge in [0.05, 0.1) is 18.7 Å². The highest BCUT2D eigenvalue weighted by molar-refractivity contribution is 7.14. The molecule has 3 heterocycles. The zero-order valence-corrected chi connectivity index (χ0v) is 20.2. The molecular formula is C23H26FN5O4S. The van der Waals surface area contributed by atoms with Gasteiger partial charge < -0.3 is 14.7 Å². The van der Waals surface area contributed by atoms with Gasteiger partial charge in [-0.15, -0.1) is 10.2 Å². The second-order valence-corrected chi connectivity index (χ2v) is 9.44. The van der Waals surface area contributed by atoms with Crippen molar-refractivity contribution in [1.29, 1.82) is 0 Å². The predicted octanol–water partition coefficient (Wildman–Crippen LogP) is 2.60. The van der Waals surface area contributed by atoms with Gasteiger partial charge in [0.2, 0.25) is 5.43 Å². The fourth-order valence-electron chi connectivity index (χ4n) is 4.21. The zero-order valence-electron chi connectivity index (χ0n) is 19.4. The summed E-state index contributed by atoms with van der Waals surface area (Å²) in [5, 5.41) is 22.0. The lowest BCUT2D eigenvalue weighted by Gasteiger charge is -2.52. The minimum Gasteiger partial charge on any atom is -0.502 e. The highest BCUT2D eigenvalue weighted by Gasteiger charge is 2.44. The molecular weight excluding hydrogens is 461 g/mol. The molecule has 1 aliphatic heterocycles. The molecule has 0 saturated heterocycles. The van der Waals surface area contributed by atoms with E-state index < -0.39 is 22.7 Å². The molecule has 0 atom stereocenters. The summed E-state index contributed by atoms with van der Waals surface area (Å²) in [7, 11) is 1.58. The monoisotopic (exact) mass is 487 g/mol. The van der Waals surface area contributed by atoms with E-state index in [1.165, 1.54) is 34.3 Å². The van der Waals surface area contributed by atoms with Crippen LogP contribution in [-0.4, -0.2) is 63.3 Å². The van der Waals surface area contributed by atoms with Gasteiger partial charge in [0.15, 0.2) is 16.5 Å². The van der Waals surface area contributed by atoms with Gasteiger partial charge in [0.1, 0.15) is 16.5 Å². The van der Waals surface area contributed by atoms with Crippen molar-refractivity contribution >= 4 is 17.2 Å². The maximum absolute atomic E-state index is 13.2. The Morgan fingerprint density at radius 3 is 2.53 bits per heavy atom. The molecule has 4 rings (SSSR count). The Morgan fingerprint density at radius 2 is 1.88 bits per heavy atom. The van der Waals surface area contributed by atoms with Crippen LogP contribution in [0.3, 0.4) is 0 Å². The molecule has 0 fully saturated rings. The molecule has 9 nitrogen and oxygen atoms in total. The number of halogens is 1. The van der Waals surface area contributed by atoms with Gasteiger partial charge in [-0.3, -0.25) is 19.3 Å². The van der Waals surface area contributed by atoms with Gasteiger partial charge in [-0.1, -0.05) is 23.5 Å². The second-order valence-electron chi connectivity index (χ2n) is 8.38. The van der Waals surface area contributed by atoms with Crippen LogP contribution in [0.1, 0.15) is 41.8 Å². The summed E-state index contributed by atoms with van der Waals surface area (Å²) in [5.74, 6) is -1.39. The summed E-state index contributed by atoms with van der Waals surface area (Å²) in [5.41, 5.74) is -0.536. The summed E-state index contributed by atoms with van der Waals surface area (Å²) in [6, 6.07) is 6.07. The number of hydrogen-bond acceptors (Lipinski definition) is 8. The van der Waals surface area contributed by atoms with Crippen LogP contribution in [0.4, 0.5) is 4.39 Å². The molecule has 1 N–H and O–H groups in total. The van der Waals surface area contributed by atoms with Crippen molar-refractivity contribution in [1.82, 2.24) is 19.8 Å². The summed E-state index contributed by atoms with van der Waals surface area (Å²) in [6.07, 6.45) is 1.95. The predicted molar refractivity (Wildman–Crippen MR) is 126 cm³/mol. The Labute approximate surface area is 200 Å². The number of fused-ring (bicyclic) bond motifs is 1. The third-order valence-corrected chi connectivity index (χ3v) is 6.91. The maximum Gasteiger partial charge on any atom is 0.278 e. The number of ether oxygens (including phenoxy) is 1. The SMILES string of the molecule is CCN1C(=O)c2c(O)c(=O)c(-c3nnc(Cc4ccc(F)cc4)s3)cn2N(CCOC)C1(C)C. The van der Waals surface area contributed by atoms with Gasteiger partial charge in [-0.2, -0.15) is 0 Å². The van der Waals surface area contributed by atoms with E-state index in [9.17, 15) is 19.1 Å². The normalized spacial score (nSPS) is 15.0. The minimum atomic E-state index is -0.745. The van der Waals surface area contributed by atoms with Gasteiger partial charge in [-0.25, -0.2) is 4.39 Å². The van der Waals surface area contributed by atoms with Crippen LogP contribution >= 0.6 is 11.3 Å². The molecule has 11 heteroatoms. The number of nitrogens with zero attached hydrogens (tertiary/aromatic N) is 5. The third-order valence-electron chi connectivity index (χ3n) is 5.95. The fraction of sp³-hybridized carbons (Fsp3) is 0.391. The van der Waals surface area contributed by atoms with Crippen molar-refractivity contribution < 1.29 is 19.0 Å². The summed E-state index contributed by atoms with van der Waals surface area (Å²) in [6.45, 7) is 6.82. The summed E-state index contributed by atoms with van der Waals surface area (Å²) < 4.78 is 20.0. The smallest absolute Gasteiger partial charge is 0.278 e. The van der Waals surface area contributed by atoms with E-state index in [1.807, 2.05) is 25.8 Å². The topological polar surface area (TPSA) is 101 Å². The number of pyridine rings is 1. The van der Waals surface area contributed by atoms with E-state index in [1.54, 1.807) is 24.1 Å². The quantitative estimate of drug-likeness (QED) is 0.547. The molecule has 0 radical (unpaired) electrons. The van der Waals surface area contributed by atoms with E-state index in [2.05, 4.69) is 10.2 Å². The first-order valence-electron chi connectivity index (χ1n) is 10.8. The van der Waals surface area contributed by atoms with Gasteiger partial charge in [0, 0.05) is 26.3 Å². The van der Waals surface area contributed by atoms with Crippen LogP contribution < -0.4 is 10.4 Å². The van der Waals surface area contributed by atoms with Crippen molar-refractivity contribution in [3.63, 3.8) is 0 Å².